The van der Waals surface area contributed by atoms with Gasteiger partial charge in [-0.25, -0.2) is 0 Å². The standard InChI is InChI=1S/C13H24O/c1-2-11-6-7-12(10-11)8-9-14-13-4-3-5-13/h11-13H,2-10H2,1H3. The minimum absolute atomic E-state index is 0.637. The van der Waals surface area contributed by atoms with E-state index in [0.29, 0.717) is 6.10 Å². The van der Waals surface area contributed by atoms with Gasteiger partial charge in [-0.2, -0.15) is 0 Å². The Balaban J connectivity index is 1.53. The first-order chi connectivity index (χ1) is 6.88. The van der Waals surface area contributed by atoms with Crippen molar-refractivity contribution >= 4 is 0 Å². The summed E-state index contributed by atoms with van der Waals surface area (Å²) in [5.74, 6) is 2.02. The lowest BCUT2D eigenvalue weighted by Crippen LogP contribution is -2.22. The Bertz CT molecular complexity index is 163. The lowest BCUT2D eigenvalue weighted by atomic mass is 9.96. The van der Waals surface area contributed by atoms with E-state index in [9.17, 15) is 0 Å². The molecule has 82 valence electrons. The molecule has 2 aliphatic rings. The number of hydrogen-bond acceptors (Lipinski definition) is 1. The minimum atomic E-state index is 0.637. The van der Waals surface area contributed by atoms with Crippen LogP contribution in [-0.4, -0.2) is 12.7 Å². The largest absolute Gasteiger partial charge is 0.378 e. The van der Waals surface area contributed by atoms with E-state index < -0.39 is 0 Å². The highest BCUT2D eigenvalue weighted by Gasteiger charge is 2.24. The van der Waals surface area contributed by atoms with Gasteiger partial charge < -0.3 is 4.74 Å². The van der Waals surface area contributed by atoms with Crippen LogP contribution in [0.3, 0.4) is 0 Å². The van der Waals surface area contributed by atoms with Crippen LogP contribution in [0, 0.1) is 11.8 Å². The predicted molar refractivity (Wildman–Crippen MR) is 59.3 cm³/mol. The van der Waals surface area contributed by atoms with Crippen LogP contribution in [0.1, 0.15) is 58.3 Å². The summed E-state index contributed by atoms with van der Waals surface area (Å²) in [5, 5.41) is 0. The Morgan fingerprint density at radius 3 is 2.43 bits per heavy atom. The van der Waals surface area contributed by atoms with Crippen molar-refractivity contribution in [1.82, 2.24) is 0 Å². The molecule has 2 atom stereocenters. The fourth-order valence-electron chi connectivity index (χ4n) is 2.75. The van der Waals surface area contributed by atoms with Crippen molar-refractivity contribution in [2.75, 3.05) is 6.61 Å². The SMILES string of the molecule is CCC1CCC(CCOC2CCC2)C1. The number of ether oxygens (including phenoxy) is 1. The molecule has 14 heavy (non-hydrogen) atoms. The summed E-state index contributed by atoms with van der Waals surface area (Å²) in [7, 11) is 0. The van der Waals surface area contributed by atoms with Gasteiger partial charge in [-0.3, -0.25) is 0 Å². The van der Waals surface area contributed by atoms with E-state index in [2.05, 4.69) is 6.92 Å². The lowest BCUT2D eigenvalue weighted by molar-refractivity contribution is -0.00352. The zero-order valence-electron chi connectivity index (χ0n) is 9.50. The van der Waals surface area contributed by atoms with E-state index in [1.54, 1.807) is 0 Å². The molecule has 0 saturated heterocycles. The van der Waals surface area contributed by atoms with E-state index in [1.165, 1.54) is 51.4 Å². The van der Waals surface area contributed by atoms with Crippen molar-refractivity contribution < 1.29 is 4.74 Å². The molecule has 0 spiro atoms. The third kappa shape index (κ3) is 2.73. The Hall–Kier alpha value is -0.0400. The van der Waals surface area contributed by atoms with Gasteiger partial charge in [-0.1, -0.05) is 26.2 Å². The molecule has 0 aromatic carbocycles. The third-order valence-electron chi connectivity index (χ3n) is 4.16. The quantitative estimate of drug-likeness (QED) is 0.650. The van der Waals surface area contributed by atoms with Crippen LogP contribution < -0.4 is 0 Å². The highest BCUT2D eigenvalue weighted by Crippen LogP contribution is 2.35. The van der Waals surface area contributed by atoms with Gasteiger partial charge in [0.25, 0.3) is 0 Å². The molecular formula is C13H24O. The highest BCUT2D eigenvalue weighted by atomic mass is 16.5. The summed E-state index contributed by atoms with van der Waals surface area (Å²) in [5.41, 5.74) is 0. The van der Waals surface area contributed by atoms with Crippen LogP contribution in [0.2, 0.25) is 0 Å². The molecule has 2 aliphatic carbocycles. The fraction of sp³-hybridized carbons (Fsp3) is 1.00. The topological polar surface area (TPSA) is 9.23 Å². The lowest BCUT2D eigenvalue weighted by Gasteiger charge is -2.26. The van der Waals surface area contributed by atoms with Gasteiger partial charge in [-0.05, 0) is 43.9 Å². The van der Waals surface area contributed by atoms with Crippen molar-refractivity contribution in [3.63, 3.8) is 0 Å². The van der Waals surface area contributed by atoms with Crippen molar-refractivity contribution in [2.24, 2.45) is 11.8 Å². The van der Waals surface area contributed by atoms with Gasteiger partial charge >= 0.3 is 0 Å². The number of rotatable bonds is 5. The van der Waals surface area contributed by atoms with E-state index in [-0.39, 0.29) is 0 Å². The summed E-state index contributed by atoms with van der Waals surface area (Å²) in [6.07, 6.45) is 11.8. The highest BCUT2D eigenvalue weighted by molar-refractivity contribution is 4.75. The van der Waals surface area contributed by atoms with E-state index in [4.69, 9.17) is 4.74 Å². The molecule has 0 aromatic heterocycles. The summed E-state index contributed by atoms with van der Waals surface area (Å²) in [6.45, 7) is 3.36. The van der Waals surface area contributed by atoms with E-state index >= 15 is 0 Å². The maximum absolute atomic E-state index is 5.81. The van der Waals surface area contributed by atoms with Gasteiger partial charge in [-0.15, -0.1) is 0 Å². The molecule has 0 N–H and O–H groups in total. The monoisotopic (exact) mass is 196 g/mol. The number of hydrogen-bond donors (Lipinski definition) is 0. The smallest absolute Gasteiger partial charge is 0.0575 e. The molecule has 1 heteroatoms. The molecule has 2 rings (SSSR count). The van der Waals surface area contributed by atoms with Crippen molar-refractivity contribution in [1.29, 1.82) is 0 Å². The van der Waals surface area contributed by atoms with Crippen LogP contribution in [0.4, 0.5) is 0 Å². The first-order valence-electron chi connectivity index (χ1n) is 6.50. The molecule has 0 bridgehead atoms. The first kappa shape index (κ1) is 10.5. The Morgan fingerprint density at radius 1 is 1.07 bits per heavy atom. The second-order valence-electron chi connectivity index (χ2n) is 5.17. The Kier molecular flexibility index (Phi) is 3.86. The van der Waals surface area contributed by atoms with Crippen LogP contribution in [-0.2, 0) is 4.74 Å². The molecule has 2 saturated carbocycles. The molecule has 1 nitrogen and oxygen atoms in total. The third-order valence-corrected chi connectivity index (χ3v) is 4.16. The predicted octanol–water partition coefficient (Wildman–Crippen LogP) is 3.77. The molecule has 0 heterocycles. The Morgan fingerprint density at radius 2 is 1.86 bits per heavy atom. The van der Waals surface area contributed by atoms with Gasteiger partial charge in [0.05, 0.1) is 6.10 Å². The van der Waals surface area contributed by atoms with Gasteiger partial charge in [0, 0.05) is 6.61 Å². The average Bonchev–Trinajstić information content (AvgIpc) is 2.57. The van der Waals surface area contributed by atoms with Gasteiger partial charge in [0.1, 0.15) is 0 Å². The summed E-state index contributed by atoms with van der Waals surface area (Å²) in [4.78, 5) is 0. The summed E-state index contributed by atoms with van der Waals surface area (Å²) in [6, 6.07) is 0. The molecular weight excluding hydrogens is 172 g/mol. The minimum Gasteiger partial charge on any atom is -0.378 e. The van der Waals surface area contributed by atoms with Crippen molar-refractivity contribution in [2.45, 2.75) is 64.4 Å². The average molecular weight is 196 g/mol. The van der Waals surface area contributed by atoms with Crippen molar-refractivity contribution in [3.05, 3.63) is 0 Å². The molecule has 0 aromatic rings. The summed E-state index contributed by atoms with van der Waals surface area (Å²) < 4.78 is 5.81. The maximum atomic E-state index is 5.81. The van der Waals surface area contributed by atoms with Crippen molar-refractivity contribution in [3.8, 4) is 0 Å². The van der Waals surface area contributed by atoms with Gasteiger partial charge in [0.2, 0.25) is 0 Å². The second-order valence-corrected chi connectivity index (χ2v) is 5.17. The fourth-order valence-corrected chi connectivity index (χ4v) is 2.75. The van der Waals surface area contributed by atoms with E-state index in [0.717, 1.165) is 18.4 Å². The van der Waals surface area contributed by atoms with Crippen LogP contribution in [0.5, 0.6) is 0 Å². The zero-order chi connectivity index (χ0) is 9.80. The van der Waals surface area contributed by atoms with Crippen LogP contribution in [0.15, 0.2) is 0 Å². The second kappa shape index (κ2) is 5.16. The normalized spacial score (nSPS) is 33.2. The Labute approximate surface area is 88.2 Å². The molecule has 2 fully saturated rings. The molecule has 0 amide bonds. The van der Waals surface area contributed by atoms with E-state index in [1.807, 2.05) is 0 Å². The zero-order valence-corrected chi connectivity index (χ0v) is 9.50. The van der Waals surface area contributed by atoms with Gasteiger partial charge in [0.15, 0.2) is 0 Å². The summed E-state index contributed by atoms with van der Waals surface area (Å²) >= 11 is 0. The molecule has 0 aliphatic heterocycles. The first-order valence-corrected chi connectivity index (χ1v) is 6.50. The molecule has 0 radical (unpaired) electrons. The molecule has 2 unspecified atom stereocenters. The maximum Gasteiger partial charge on any atom is 0.0575 e. The van der Waals surface area contributed by atoms with Crippen LogP contribution >= 0.6 is 0 Å². The van der Waals surface area contributed by atoms with Crippen LogP contribution in [0.25, 0.3) is 0 Å².